The normalized spacial score (nSPS) is 35.6. The molecular formula is C26H22Cl2N2O5S. The minimum Gasteiger partial charge on any atom is -0.508 e. The van der Waals surface area contributed by atoms with Gasteiger partial charge in [0.25, 0.3) is 11.8 Å². The molecule has 2 saturated heterocycles. The van der Waals surface area contributed by atoms with Crippen molar-refractivity contribution in [2.45, 2.75) is 35.1 Å². The van der Waals surface area contributed by atoms with E-state index in [-0.39, 0.29) is 30.5 Å². The molecular weight excluding hydrogens is 523 g/mol. The minimum atomic E-state index is -1.89. The van der Waals surface area contributed by atoms with Crippen LogP contribution in [0.4, 0.5) is 0 Å². The number of fused-ring (bicyclic) bond motifs is 4. The number of imide groups is 2. The molecule has 2 aliphatic carbocycles. The maximum absolute atomic E-state index is 13.7. The highest BCUT2D eigenvalue weighted by atomic mass is 35.5. The van der Waals surface area contributed by atoms with E-state index in [9.17, 15) is 24.3 Å². The van der Waals surface area contributed by atoms with E-state index in [1.807, 2.05) is 23.6 Å². The van der Waals surface area contributed by atoms with E-state index in [2.05, 4.69) is 0 Å². The van der Waals surface area contributed by atoms with Crippen LogP contribution >= 0.6 is 34.5 Å². The Kier molecular flexibility index (Phi) is 5.21. The predicted molar refractivity (Wildman–Crippen MR) is 133 cm³/mol. The van der Waals surface area contributed by atoms with Crippen LogP contribution in [0.2, 0.25) is 0 Å². The highest BCUT2D eigenvalue weighted by Gasteiger charge is 2.76. The summed E-state index contributed by atoms with van der Waals surface area (Å²) in [5.41, 5.74) is 1.02. The summed E-state index contributed by atoms with van der Waals surface area (Å²) < 4.78 is 0. The molecule has 0 radical (unpaired) electrons. The maximum atomic E-state index is 13.7. The molecule has 1 aromatic carbocycles. The van der Waals surface area contributed by atoms with E-state index in [4.69, 9.17) is 23.2 Å². The second kappa shape index (κ2) is 7.91. The molecule has 3 fully saturated rings. The van der Waals surface area contributed by atoms with Crippen LogP contribution in [0, 0.1) is 17.8 Å². The number of thiophene rings is 1. The fourth-order valence-corrected chi connectivity index (χ4v) is 8.30. The van der Waals surface area contributed by atoms with E-state index in [0.717, 1.165) is 9.78 Å². The lowest BCUT2D eigenvalue weighted by Gasteiger charge is -2.50. The Labute approximate surface area is 221 Å². The minimum absolute atomic E-state index is 0.0596. The van der Waals surface area contributed by atoms with Gasteiger partial charge >= 0.3 is 0 Å². The predicted octanol–water partition coefficient (Wildman–Crippen LogP) is 3.64. The van der Waals surface area contributed by atoms with Crippen molar-refractivity contribution in [3.63, 3.8) is 0 Å². The largest absolute Gasteiger partial charge is 0.508 e. The van der Waals surface area contributed by atoms with Crippen LogP contribution in [0.1, 0.15) is 29.2 Å². The highest BCUT2D eigenvalue weighted by molar-refractivity contribution is 7.09. The third kappa shape index (κ3) is 2.86. The molecule has 2 aliphatic heterocycles. The van der Waals surface area contributed by atoms with Gasteiger partial charge in [0.2, 0.25) is 11.8 Å². The van der Waals surface area contributed by atoms with E-state index in [0.29, 0.717) is 17.6 Å². The van der Waals surface area contributed by atoms with Crippen LogP contribution in [-0.2, 0) is 25.7 Å². The van der Waals surface area contributed by atoms with Crippen LogP contribution in [0.3, 0.4) is 0 Å². The lowest BCUT2D eigenvalue weighted by Crippen LogP contribution is -2.60. The second-order valence-corrected chi connectivity index (χ2v) is 12.2. The Balaban J connectivity index is 1.50. The van der Waals surface area contributed by atoms with Crippen LogP contribution in [0.25, 0.3) is 0 Å². The molecule has 0 bridgehead atoms. The second-order valence-electron chi connectivity index (χ2n) is 9.90. The number of likely N-dealkylation sites (tertiary alicyclic amines) is 2. The fraction of sp³-hybridized carbons (Fsp3) is 0.385. The first kappa shape index (κ1) is 23.7. The van der Waals surface area contributed by atoms with Gasteiger partial charge in [-0.05, 0) is 36.3 Å². The molecule has 6 unspecified atom stereocenters. The molecule has 10 heteroatoms. The van der Waals surface area contributed by atoms with E-state index in [1.54, 1.807) is 18.2 Å². The molecule has 2 aromatic rings. The molecule has 0 spiro atoms. The lowest BCUT2D eigenvalue weighted by atomic mass is 9.56. The maximum Gasteiger partial charge on any atom is 0.253 e. The number of rotatable bonds is 3. The number of nitrogens with zero attached hydrogens (tertiary/aromatic N) is 2. The summed E-state index contributed by atoms with van der Waals surface area (Å²) in [6.45, 7) is 0.193. The molecule has 1 aromatic heterocycles. The number of benzene rings is 1. The van der Waals surface area contributed by atoms with Crippen molar-refractivity contribution in [2.24, 2.45) is 17.8 Å². The molecule has 186 valence electrons. The van der Waals surface area contributed by atoms with Gasteiger partial charge in [0, 0.05) is 23.4 Å². The summed E-state index contributed by atoms with van der Waals surface area (Å²) in [4.78, 5) is 53.3. The van der Waals surface area contributed by atoms with Crippen molar-refractivity contribution in [1.82, 2.24) is 9.80 Å². The van der Waals surface area contributed by atoms with Crippen molar-refractivity contribution >= 4 is 58.2 Å². The van der Waals surface area contributed by atoms with Gasteiger partial charge in [0.05, 0.1) is 18.4 Å². The number of alkyl halides is 2. The number of amides is 4. The number of para-hydroxylation sites is 1. The smallest absolute Gasteiger partial charge is 0.253 e. The summed E-state index contributed by atoms with van der Waals surface area (Å²) in [6.07, 6.45) is 2.10. The van der Waals surface area contributed by atoms with Crippen LogP contribution in [0.15, 0.2) is 53.4 Å². The van der Waals surface area contributed by atoms with Crippen molar-refractivity contribution in [3.8, 4) is 5.75 Å². The number of aromatic hydroxyl groups is 1. The SMILES string of the molecule is CN1C(=O)C2(Cl)CC3C(=CCC4C(=O)N(Cc5cccs5)C(=O)C43)C(c3ccccc3O)C2(Cl)C1=O. The average molecular weight is 545 g/mol. The van der Waals surface area contributed by atoms with Crippen LogP contribution < -0.4 is 0 Å². The molecule has 7 nitrogen and oxygen atoms in total. The number of carbonyl (C=O) groups is 4. The van der Waals surface area contributed by atoms with Crippen molar-refractivity contribution < 1.29 is 24.3 Å². The number of phenols is 1. The first-order chi connectivity index (χ1) is 17.1. The zero-order valence-corrected chi connectivity index (χ0v) is 21.5. The van der Waals surface area contributed by atoms with Crippen LogP contribution in [-0.4, -0.2) is 55.3 Å². The Morgan fingerprint density at radius 1 is 1.03 bits per heavy atom. The van der Waals surface area contributed by atoms with Crippen LogP contribution in [0.5, 0.6) is 5.75 Å². The van der Waals surface area contributed by atoms with E-state index in [1.165, 1.54) is 29.4 Å². The molecule has 6 atom stereocenters. The monoisotopic (exact) mass is 544 g/mol. The summed E-state index contributed by atoms with van der Waals surface area (Å²) in [7, 11) is 1.34. The molecule has 1 N–H and O–H groups in total. The molecule has 4 aliphatic rings. The molecule has 6 rings (SSSR count). The van der Waals surface area contributed by atoms with Gasteiger partial charge in [-0.3, -0.25) is 29.0 Å². The molecule has 4 amide bonds. The fourth-order valence-electron chi connectivity index (χ4n) is 6.60. The Bertz CT molecular complexity index is 1360. The van der Waals surface area contributed by atoms with E-state index >= 15 is 0 Å². The molecule has 36 heavy (non-hydrogen) atoms. The van der Waals surface area contributed by atoms with Gasteiger partial charge in [-0.15, -0.1) is 34.5 Å². The number of hydrogen-bond donors (Lipinski definition) is 1. The van der Waals surface area contributed by atoms with Crippen molar-refractivity contribution in [3.05, 3.63) is 63.9 Å². The Morgan fingerprint density at radius 3 is 2.47 bits per heavy atom. The molecule has 1 saturated carbocycles. The average Bonchev–Trinajstić information content (AvgIpc) is 3.49. The highest BCUT2D eigenvalue weighted by Crippen LogP contribution is 2.65. The van der Waals surface area contributed by atoms with Crippen molar-refractivity contribution in [2.75, 3.05) is 7.05 Å². The Hall–Kier alpha value is -2.68. The number of halogens is 2. The number of hydrogen-bond acceptors (Lipinski definition) is 6. The van der Waals surface area contributed by atoms with Gasteiger partial charge in [-0.1, -0.05) is 35.9 Å². The lowest BCUT2D eigenvalue weighted by molar-refractivity contribution is -0.141. The van der Waals surface area contributed by atoms with E-state index < -0.39 is 45.2 Å². The number of carbonyl (C=O) groups excluding carboxylic acids is 4. The first-order valence-corrected chi connectivity index (χ1v) is 13.3. The summed E-state index contributed by atoms with van der Waals surface area (Å²) in [6, 6.07) is 10.2. The van der Waals surface area contributed by atoms with Gasteiger partial charge in [-0.25, -0.2) is 0 Å². The molecule has 3 heterocycles. The van der Waals surface area contributed by atoms with Gasteiger partial charge in [0.1, 0.15) is 5.75 Å². The number of phenolic OH excluding ortho intramolecular Hbond substituents is 1. The topological polar surface area (TPSA) is 95.0 Å². The standard InChI is InChI=1S/C26H22Cl2N2O5S/c1-29-23(34)25(27)11-17-14(20(26(25,28)24(29)35)15-6-2-3-7-18(15)31)8-9-16-19(17)22(33)30(21(16)32)12-13-5-4-10-36-13/h2-8,10,16-17,19-20,31H,9,11-12H2,1H3. The summed E-state index contributed by atoms with van der Waals surface area (Å²) in [5.74, 6) is -4.78. The van der Waals surface area contributed by atoms with Crippen molar-refractivity contribution in [1.29, 1.82) is 0 Å². The van der Waals surface area contributed by atoms with Gasteiger partial charge < -0.3 is 5.11 Å². The third-order valence-electron chi connectivity index (χ3n) is 8.25. The zero-order chi connectivity index (χ0) is 25.6. The zero-order valence-electron chi connectivity index (χ0n) is 19.2. The number of allylic oxidation sites excluding steroid dienone is 2. The first-order valence-electron chi connectivity index (χ1n) is 11.7. The summed E-state index contributed by atoms with van der Waals surface area (Å²) in [5, 5.41) is 12.7. The van der Waals surface area contributed by atoms with Gasteiger partial charge in [-0.2, -0.15) is 0 Å². The van der Waals surface area contributed by atoms with Gasteiger partial charge in [0.15, 0.2) is 9.75 Å². The summed E-state index contributed by atoms with van der Waals surface area (Å²) >= 11 is 15.6. The Morgan fingerprint density at radius 2 is 1.78 bits per heavy atom. The quantitative estimate of drug-likeness (QED) is 0.361. The third-order valence-corrected chi connectivity index (χ3v) is 10.5.